The highest BCUT2D eigenvalue weighted by Crippen LogP contribution is 2.31. The van der Waals surface area contributed by atoms with Gasteiger partial charge in [0, 0.05) is 20.2 Å². The van der Waals surface area contributed by atoms with Gasteiger partial charge in [0.25, 0.3) is 5.91 Å². The Morgan fingerprint density at radius 3 is 2.42 bits per heavy atom. The van der Waals surface area contributed by atoms with Crippen LogP contribution in [0.3, 0.4) is 0 Å². The lowest BCUT2D eigenvalue weighted by atomic mass is 10.1. The van der Waals surface area contributed by atoms with Crippen LogP contribution in [0.1, 0.15) is 15.9 Å². The minimum atomic E-state index is -0.183. The number of hydrogen-bond acceptors (Lipinski definition) is 2. The third kappa shape index (κ3) is 3.16. The molecule has 0 unspecified atom stereocenters. The maximum Gasteiger partial charge on any atom is 0.256 e. The van der Waals surface area contributed by atoms with E-state index in [4.69, 9.17) is 5.73 Å². The van der Waals surface area contributed by atoms with Gasteiger partial charge in [-0.1, -0.05) is 12.1 Å². The van der Waals surface area contributed by atoms with Gasteiger partial charge in [-0.25, -0.2) is 0 Å². The minimum Gasteiger partial charge on any atom is -0.399 e. The highest BCUT2D eigenvalue weighted by atomic mass is 79.9. The number of carbonyl (C=O) groups excluding carboxylic acids is 1. The zero-order chi connectivity index (χ0) is 14.0. The summed E-state index contributed by atoms with van der Waals surface area (Å²) in [5.74, 6) is -0.183. The van der Waals surface area contributed by atoms with E-state index in [1.54, 1.807) is 12.1 Å². The molecule has 0 aromatic heterocycles. The van der Waals surface area contributed by atoms with Crippen molar-refractivity contribution < 1.29 is 4.79 Å². The molecule has 0 radical (unpaired) electrons. The van der Waals surface area contributed by atoms with Gasteiger partial charge in [0.15, 0.2) is 0 Å². The van der Waals surface area contributed by atoms with Crippen LogP contribution in [0.15, 0.2) is 45.3 Å². The molecule has 19 heavy (non-hydrogen) atoms. The first-order chi connectivity index (χ1) is 8.99. The van der Waals surface area contributed by atoms with Gasteiger partial charge >= 0.3 is 0 Å². The Morgan fingerprint density at radius 2 is 1.79 bits per heavy atom. The van der Waals surface area contributed by atoms with E-state index in [2.05, 4.69) is 37.2 Å². The number of nitrogens with one attached hydrogen (secondary N) is 1. The second kappa shape index (κ2) is 5.75. The molecule has 2 aromatic carbocycles. The largest absolute Gasteiger partial charge is 0.399 e. The van der Waals surface area contributed by atoms with Crippen LogP contribution in [-0.2, 0) is 0 Å². The monoisotopic (exact) mass is 382 g/mol. The number of hydrogen-bond donors (Lipinski definition) is 2. The predicted octanol–water partition coefficient (Wildman–Crippen LogP) is 4.35. The Hall–Kier alpha value is -1.33. The highest BCUT2D eigenvalue weighted by Gasteiger charge is 2.13. The molecular weight excluding hydrogens is 372 g/mol. The molecule has 0 fully saturated rings. The van der Waals surface area contributed by atoms with Gasteiger partial charge in [-0.3, -0.25) is 4.79 Å². The average Bonchev–Trinajstić information content (AvgIpc) is 2.37. The Labute approximate surface area is 128 Å². The summed E-state index contributed by atoms with van der Waals surface area (Å²) in [6.45, 7) is 1.88. The van der Waals surface area contributed by atoms with Crippen molar-refractivity contribution in [1.82, 2.24) is 0 Å². The zero-order valence-corrected chi connectivity index (χ0v) is 13.4. The van der Waals surface area contributed by atoms with E-state index in [1.165, 1.54) is 0 Å². The summed E-state index contributed by atoms with van der Waals surface area (Å²) in [6.07, 6.45) is 0. The first kappa shape index (κ1) is 14.1. The smallest absolute Gasteiger partial charge is 0.256 e. The normalized spacial score (nSPS) is 10.3. The Morgan fingerprint density at radius 1 is 1.16 bits per heavy atom. The lowest BCUT2D eigenvalue weighted by Gasteiger charge is -2.11. The first-order valence-corrected chi connectivity index (χ1v) is 7.19. The van der Waals surface area contributed by atoms with Crippen molar-refractivity contribution in [3.8, 4) is 0 Å². The van der Waals surface area contributed by atoms with E-state index in [1.807, 2.05) is 31.2 Å². The van der Waals surface area contributed by atoms with Gasteiger partial charge in [0.2, 0.25) is 0 Å². The second-order valence-corrected chi connectivity index (χ2v) is 5.83. The summed E-state index contributed by atoms with van der Waals surface area (Å²) >= 11 is 6.82. The lowest BCUT2D eigenvalue weighted by molar-refractivity contribution is 0.102. The van der Waals surface area contributed by atoms with Crippen LogP contribution < -0.4 is 11.1 Å². The lowest BCUT2D eigenvalue weighted by Crippen LogP contribution is -2.14. The van der Waals surface area contributed by atoms with E-state index in [9.17, 15) is 4.79 Å². The molecule has 0 saturated carbocycles. The summed E-state index contributed by atoms with van der Waals surface area (Å²) in [6, 6.07) is 10.9. The average molecular weight is 384 g/mol. The number of nitrogens with two attached hydrogens (primary N) is 1. The number of rotatable bonds is 2. The molecule has 0 aliphatic heterocycles. The van der Waals surface area contributed by atoms with Crippen molar-refractivity contribution in [3.05, 3.63) is 56.5 Å². The van der Waals surface area contributed by atoms with Crippen molar-refractivity contribution in [1.29, 1.82) is 0 Å². The van der Waals surface area contributed by atoms with Gasteiger partial charge in [-0.15, -0.1) is 0 Å². The molecular formula is C14H12Br2N2O. The molecule has 2 rings (SSSR count). The molecule has 0 aliphatic carbocycles. The van der Waals surface area contributed by atoms with Gasteiger partial charge < -0.3 is 11.1 Å². The van der Waals surface area contributed by atoms with Gasteiger partial charge in [-0.2, -0.15) is 0 Å². The van der Waals surface area contributed by atoms with Crippen LogP contribution >= 0.6 is 31.9 Å². The fraction of sp³-hybridized carbons (Fsp3) is 0.0714. The number of anilines is 2. The summed E-state index contributed by atoms with van der Waals surface area (Å²) in [5.41, 5.74) is 8.45. The SMILES string of the molecule is Cc1ccc(N)cc1C(=O)Nc1c(Br)cccc1Br. The molecule has 0 spiro atoms. The van der Waals surface area contributed by atoms with E-state index >= 15 is 0 Å². The number of carbonyl (C=O) groups is 1. The molecule has 0 aliphatic rings. The van der Waals surface area contributed by atoms with E-state index < -0.39 is 0 Å². The minimum absolute atomic E-state index is 0.183. The molecule has 3 nitrogen and oxygen atoms in total. The summed E-state index contributed by atoms with van der Waals surface area (Å²) < 4.78 is 1.63. The van der Waals surface area contributed by atoms with E-state index in [0.29, 0.717) is 16.9 Å². The Kier molecular flexibility index (Phi) is 4.27. The summed E-state index contributed by atoms with van der Waals surface area (Å²) in [7, 11) is 0. The fourth-order valence-electron chi connectivity index (χ4n) is 1.68. The highest BCUT2D eigenvalue weighted by molar-refractivity contribution is 9.11. The molecule has 0 heterocycles. The van der Waals surface area contributed by atoms with Crippen molar-refractivity contribution >= 4 is 49.1 Å². The number of para-hydroxylation sites is 1. The van der Waals surface area contributed by atoms with E-state index in [0.717, 1.165) is 14.5 Å². The molecule has 0 saturated heterocycles. The fourth-order valence-corrected chi connectivity index (χ4v) is 2.88. The van der Waals surface area contributed by atoms with Crippen LogP contribution in [0.25, 0.3) is 0 Å². The van der Waals surface area contributed by atoms with Gasteiger partial charge in [0.05, 0.1) is 5.69 Å². The van der Waals surface area contributed by atoms with Crippen LogP contribution in [-0.4, -0.2) is 5.91 Å². The molecule has 98 valence electrons. The number of halogens is 2. The van der Waals surface area contributed by atoms with Crippen molar-refractivity contribution in [2.75, 3.05) is 11.1 Å². The topological polar surface area (TPSA) is 55.1 Å². The molecule has 1 amide bonds. The molecule has 2 aromatic rings. The number of aryl methyl sites for hydroxylation is 1. The molecule has 5 heteroatoms. The maximum absolute atomic E-state index is 12.3. The van der Waals surface area contributed by atoms with Crippen molar-refractivity contribution in [2.24, 2.45) is 0 Å². The third-order valence-electron chi connectivity index (χ3n) is 2.71. The van der Waals surface area contributed by atoms with Crippen LogP contribution in [0.2, 0.25) is 0 Å². The predicted molar refractivity (Wildman–Crippen MR) is 85.4 cm³/mol. The van der Waals surface area contributed by atoms with E-state index in [-0.39, 0.29) is 5.91 Å². The third-order valence-corrected chi connectivity index (χ3v) is 4.03. The van der Waals surface area contributed by atoms with Gasteiger partial charge in [-0.05, 0) is 68.6 Å². The first-order valence-electron chi connectivity index (χ1n) is 5.60. The summed E-state index contributed by atoms with van der Waals surface area (Å²) in [4.78, 5) is 12.3. The molecule has 0 atom stereocenters. The van der Waals surface area contributed by atoms with Crippen LogP contribution in [0.4, 0.5) is 11.4 Å². The molecule has 0 bridgehead atoms. The number of amides is 1. The van der Waals surface area contributed by atoms with Crippen molar-refractivity contribution in [3.63, 3.8) is 0 Å². The van der Waals surface area contributed by atoms with Gasteiger partial charge in [0.1, 0.15) is 0 Å². The van der Waals surface area contributed by atoms with Crippen LogP contribution in [0, 0.1) is 6.92 Å². The van der Waals surface area contributed by atoms with Crippen LogP contribution in [0.5, 0.6) is 0 Å². The standard InChI is InChI=1S/C14H12Br2N2O/c1-8-5-6-9(17)7-10(8)14(19)18-13-11(15)3-2-4-12(13)16/h2-7H,17H2,1H3,(H,18,19). The molecule has 3 N–H and O–H groups in total. The Balaban J connectivity index is 2.34. The quantitative estimate of drug-likeness (QED) is 0.757. The number of benzene rings is 2. The van der Waals surface area contributed by atoms with Crippen molar-refractivity contribution in [2.45, 2.75) is 6.92 Å². The number of nitrogen functional groups attached to an aromatic ring is 1. The maximum atomic E-state index is 12.3. The summed E-state index contributed by atoms with van der Waals surface area (Å²) in [5, 5.41) is 2.87. The zero-order valence-electron chi connectivity index (χ0n) is 10.2. The second-order valence-electron chi connectivity index (χ2n) is 4.13. The Bertz CT molecular complexity index is 621.